The maximum atomic E-state index is 14.1. The van der Waals surface area contributed by atoms with Crippen molar-refractivity contribution in [3.05, 3.63) is 21.7 Å². The second-order valence-electron chi connectivity index (χ2n) is 3.88. The number of nitrogens with one attached hydrogen (secondary N) is 2. The van der Waals surface area contributed by atoms with E-state index in [4.69, 9.17) is 58.0 Å². The smallest absolute Gasteiger partial charge is 0.343 e. The van der Waals surface area contributed by atoms with E-state index in [0.717, 1.165) is 0 Å². The molecule has 7 nitrogen and oxygen atoms in total. The number of hydrogen-bond acceptors (Lipinski definition) is 5. The van der Waals surface area contributed by atoms with E-state index in [2.05, 4.69) is 9.72 Å². The van der Waals surface area contributed by atoms with Crippen LogP contribution in [0.1, 0.15) is 17.3 Å². The second kappa shape index (κ2) is 8.35. The number of hydrogen-bond donors (Lipinski definition) is 2. The number of aromatic nitrogens is 1. The Bertz CT molecular complexity index is 695. The first-order valence-corrected chi connectivity index (χ1v) is 7.78. The number of amides is 3. The minimum atomic E-state index is -2.44. The Morgan fingerprint density at radius 2 is 1.79 bits per heavy atom. The van der Waals surface area contributed by atoms with E-state index in [1.807, 2.05) is 5.32 Å². The number of imide groups is 1. The molecule has 0 aliphatic carbocycles. The fourth-order valence-corrected chi connectivity index (χ4v) is 1.95. The van der Waals surface area contributed by atoms with Crippen molar-refractivity contribution in [1.82, 2.24) is 10.3 Å². The molecule has 0 fully saturated rings. The summed E-state index contributed by atoms with van der Waals surface area (Å²) in [6.45, 7) is 1.43. The average Bonchev–Trinajstić information content (AvgIpc) is 2.43. The number of carbonyl (C=O) groups excluding carboxylic acids is 3. The fraction of sp³-hybridized carbons (Fsp3) is 0.273. The Hall–Kier alpha value is -1.06. The lowest BCUT2D eigenvalue weighted by atomic mass is 10.2. The second-order valence-corrected chi connectivity index (χ2v) is 6.88. The van der Waals surface area contributed by atoms with Gasteiger partial charge in [-0.2, -0.15) is 0 Å². The number of halogens is 6. The molecule has 0 aliphatic rings. The molecule has 1 rings (SSSR count). The molecule has 3 amide bonds. The van der Waals surface area contributed by atoms with E-state index in [1.165, 1.54) is 6.92 Å². The van der Waals surface area contributed by atoms with Gasteiger partial charge < -0.3 is 10.1 Å². The third-order valence-corrected chi connectivity index (χ3v) is 3.29. The van der Waals surface area contributed by atoms with Gasteiger partial charge in [-0.05, 0) is 6.92 Å². The summed E-state index contributed by atoms with van der Waals surface area (Å²) in [7, 11) is 0. The Balaban J connectivity index is 3.20. The molecule has 2 N–H and O–H groups in total. The SMILES string of the molecule is CCOC(=O)c1c(Cl)nc(Cl)c(F)c1NC(=O)NC(=O)C(Cl)(Cl)Cl. The summed E-state index contributed by atoms with van der Waals surface area (Å²) in [4.78, 5) is 38.4. The Labute approximate surface area is 159 Å². The Morgan fingerprint density at radius 1 is 1.21 bits per heavy atom. The van der Waals surface area contributed by atoms with E-state index in [-0.39, 0.29) is 6.61 Å². The van der Waals surface area contributed by atoms with E-state index in [1.54, 1.807) is 5.32 Å². The van der Waals surface area contributed by atoms with Gasteiger partial charge >= 0.3 is 12.0 Å². The molecule has 1 aromatic heterocycles. The molecule has 0 aromatic carbocycles. The van der Waals surface area contributed by atoms with Crippen molar-refractivity contribution in [2.45, 2.75) is 10.7 Å². The molecule has 0 atom stereocenters. The third kappa shape index (κ3) is 5.22. The number of ether oxygens (including phenoxy) is 1. The summed E-state index contributed by atoms with van der Waals surface area (Å²) in [6, 6.07) is -1.31. The van der Waals surface area contributed by atoms with Crippen LogP contribution in [0.4, 0.5) is 14.9 Å². The summed E-state index contributed by atoms with van der Waals surface area (Å²) in [5, 5.41) is 2.24. The number of alkyl halides is 3. The van der Waals surface area contributed by atoms with Crippen LogP contribution in [0.3, 0.4) is 0 Å². The van der Waals surface area contributed by atoms with Gasteiger partial charge in [-0.25, -0.2) is 19.0 Å². The highest BCUT2D eigenvalue weighted by molar-refractivity contribution is 6.76. The molecule has 0 unspecified atom stereocenters. The molecule has 0 spiro atoms. The topological polar surface area (TPSA) is 97.4 Å². The van der Waals surface area contributed by atoms with Crippen LogP contribution >= 0.6 is 58.0 Å². The molecule has 0 saturated carbocycles. The summed E-state index contributed by atoms with van der Waals surface area (Å²) in [5.74, 6) is -3.66. The predicted octanol–water partition coefficient (Wildman–Crippen LogP) is 3.72. The number of urea groups is 1. The molecule has 1 heterocycles. The van der Waals surface area contributed by atoms with E-state index in [0.29, 0.717) is 0 Å². The van der Waals surface area contributed by atoms with Crippen molar-refractivity contribution in [3.8, 4) is 0 Å². The van der Waals surface area contributed by atoms with Gasteiger partial charge in [0.15, 0.2) is 11.0 Å². The van der Waals surface area contributed by atoms with Crippen molar-refractivity contribution < 1.29 is 23.5 Å². The highest BCUT2D eigenvalue weighted by Gasteiger charge is 2.33. The molecule has 0 saturated heterocycles. The molecule has 0 radical (unpaired) electrons. The standard InChI is InChI=1S/C11H7Cl5FN3O4/c1-2-24-8(21)3-5(4(17)7(13)19-6(3)12)18-10(23)20-9(22)11(14,15)16/h2H2,1H3,(H2,18,19,20,22,23). The average molecular weight is 441 g/mol. The zero-order chi connectivity index (χ0) is 18.7. The quantitative estimate of drug-likeness (QED) is 0.423. The number of nitrogens with zero attached hydrogens (tertiary/aromatic N) is 1. The molecule has 132 valence electrons. The van der Waals surface area contributed by atoms with Gasteiger partial charge in [0.25, 0.3) is 9.70 Å². The van der Waals surface area contributed by atoms with Crippen LogP contribution in [0.2, 0.25) is 10.3 Å². The van der Waals surface area contributed by atoms with Gasteiger partial charge in [0, 0.05) is 0 Å². The monoisotopic (exact) mass is 439 g/mol. The van der Waals surface area contributed by atoms with Crippen LogP contribution in [0.25, 0.3) is 0 Å². The van der Waals surface area contributed by atoms with Gasteiger partial charge in [0.2, 0.25) is 0 Å². The molecular formula is C11H7Cl5FN3O4. The van der Waals surface area contributed by atoms with Gasteiger partial charge in [0.05, 0.1) is 12.3 Å². The molecule has 0 bridgehead atoms. The van der Waals surface area contributed by atoms with E-state index < -0.39 is 49.1 Å². The first-order valence-electron chi connectivity index (χ1n) is 5.89. The van der Waals surface area contributed by atoms with Crippen molar-refractivity contribution in [3.63, 3.8) is 0 Å². The van der Waals surface area contributed by atoms with E-state index >= 15 is 0 Å². The van der Waals surface area contributed by atoms with Crippen molar-refractivity contribution >= 4 is 81.6 Å². The number of pyridine rings is 1. The number of carbonyl (C=O) groups is 3. The van der Waals surface area contributed by atoms with Gasteiger partial charge in [0.1, 0.15) is 10.7 Å². The van der Waals surface area contributed by atoms with Gasteiger partial charge in [-0.3, -0.25) is 10.1 Å². The van der Waals surface area contributed by atoms with Crippen LogP contribution in [-0.4, -0.2) is 33.3 Å². The molecule has 13 heteroatoms. The minimum Gasteiger partial charge on any atom is -0.462 e. The zero-order valence-electron chi connectivity index (χ0n) is 11.6. The lowest BCUT2D eigenvalue weighted by Gasteiger charge is -2.15. The van der Waals surface area contributed by atoms with Crippen molar-refractivity contribution in [2.24, 2.45) is 0 Å². The maximum Gasteiger partial charge on any atom is 0.343 e. The lowest BCUT2D eigenvalue weighted by molar-refractivity contribution is -0.119. The number of rotatable bonds is 3. The summed E-state index contributed by atoms with van der Waals surface area (Å²) >= 11 is 27.1. The summed E-state index contributed by atoms with van der Waals surface area (Å²) in [6.07, 6.45) is 0. The van der Waals surface area contributed by atoms with E-state index in [9.17, 15) is 18.8 Å². The largest absolute Gasteiger partial charge is 0.462 e. The van der Waals surface area contributed by atoms with Crippen LogP contribution in [0.15, 0.2) is 0 Å². The predicted molar refractivity (Wildman–Crippen MR) is 87.6 cm³/mol. The summed E-state index contributed by atoms with van der Waals surface area (Å²) < 4.78 is 16.4. The molecule has 0 aliphatic heterocycles. The zero-order valence-corrected chi connectivity index (χ0v) is 15.3. The van der Waals surface area contributed by atoms with Crippen LogP contribution in [0.5, 0.6) is 0 Å². The first kappa shape index (κ1) is 21.0. The summed E-state index contributed by atoms with van der Waals surface area (Å²) in [5.41, 5.74) is -1.36. The normalized spacial score (nSPS) is 11.0. The van der Waals surface area contributed by atoms with Crippen molar-refractivity contribution in [2.75, 3.05) is 11.9 Å². The van der Waals surface area contributed by atoms with Gasteiger partial charge in [-0.15, -0.1) is 0 Å². The van der Waals surface area contributed by atoms with Gasteiger partial charge in [-0.1, -0.05) is 58.0 Å². The number of esters is 1. The third-order valence-electron chi connectivity index (χ3n) is 2.26. The first-order chi connectivity index (χ1) is 11.0. The minimum absolute atomic E-state index is 0.0587. The highest BCUT2D eigenvalue weighted by Crippen LogP contribution is 2.31. The Morgan fingerprint density at radius 3 is 2.29 bits per heavy atom. The molecular weight excluding hydrogens is 434 g/mol. The fourth-order valence-electron chi connectivity index (χ4n) is 1.33. The van der Waals surface area contributed by atoms with Crippen LogP contribution < -0.4 is 10.6 Å². The van der Waals surface area contributed by atoms with Crippen LogP contribution in [-0.2, 0) is 9.53 Å². The van der Waals surface area contributed by atoms with Crippen LogP contribution in [0, 0.1) is 5.82 Å². The lowest BCUT2D eigenvalue weighted by Crippen LogP contribution is -2.41. The number of anilines is 1. The van der Waals surface area contributed by atoms with Crippen molar-refractivity contribution in [1.29, 1.82) is 0 Å². The highest BCUT2D eigenvalue weighted by atomic mass is 35.6. The molecule has 1 aromatic rings. The molecule has 24 heavy (non-hydrogen) atoms. The maximum absolute atomic E-state index is 14.1. The Kier molecular flexibility index (Phi) is 7.30.